The summed E-state index contributed by atoms with van der Waals surface area (Å²) in [7, 11) is 1.54. The molecule has 0 radical (unpaired) electrons. The first-order valence-corrected chi connectivity index (χ1v) is 12.0. The molecule has 6 nitrogen and oxygen atoms in total. The molecule has 1 aliphatic heterocycles. The standard InChI is InChI=1S/C28H29ClN2O4/c1-17(2)23-11-5-18(3)13-26(23)35-22-9-7-21(8-10-22)30-28(33)19-14-27(32)31(16-19)24-15-20(29)6-12-25(24)34-4/h5-13,15,17,19H,14,16H2,1-4H3,(H,30,33)/t19-/m0/s1. The fourth-order valence-electron chi connectivity index (χ4n) is 4.17. The normalized spacial score (nSPS) is 15.4. The lowest BCUT2D eigenvalue weighted by molar-refractivity contribution is -0.122. The van der Waals surface area contributed by atoms with Gasteiger partial charge in [-0.05, 0) is 72.5 Å². The van der Waals surface area contributed by atoms with Gasteiger partial charge in [0.2, 0.25) is 11.8 Å². The van der Waals surface area contributed by atoms with Crippen LogP contribution in [0, 0.1) is 12.8 Å². The van der Waals surface area contributed by atoms with Crippen LogP contribution in [0.1, 0.15) is 37.3 Å². The molecule has 182 valence electrons. The Morgan fingerprint density at radius 2 is 1.80 bits per heavy atom. The molecule has 3 aromatic carbocycles. The third-order valence-electron chi connectivity index (χ3n) is 6.07. The Balaban J connectivity index is 1.42. The maximum Gasteiger partial charge on any atom is 0.229 e. The summed E-state index contributed by atoms with van der Waals surface area (Å²) in [6.45, 7) is 6.56. The molecule has 1 atom stereocenters. The quantitative estimate of drug-likeness (QED) is 0.405. The third-order valence-corrected chi connectivity index (χ3v) is 6.30. The summed E-state index contributed by atoms with van der Waals surface area (Å²) in [6.07, 6.45) is 0.119. The molecule has 1 aliphatic rings. The lowest BCUT2D eigenvalue weighted by Gasteiger charge is -2.20. The van der Waals surface area contributed by atoms with Crippen LogP contribution in [0.25, 0.3) is 0 Å². The molecule has 0 saturated carbocycles. The van der Waals surface area contributed by atoms with Crippen LogP contribution in [0.2, 0.25) is 5.02 Å². The van der Waals surface area contributed by atoms with E-state index in [1.807, 2.05) is 25.1 Å². The van der Waals surface area contributed by atoms with Gasteiger partial charge in [0.1, 0.15) is 17.2 Å². The number of ether oxygens (including phenoxy) is 2. The predicted molar refractivity (Wildman–Crippen MR) is 139 cm³/mol. The van der Waals surface area contributed by atoms with E-state index in [1.165, 1.54) is 7.11 Å². The Hall–Kier alpha value is -3.51. The summed E-state index contributed by atoms with van der Waals surface area (Å²) in [5.41, 5.74) is 3.48. The maximum atomic E-state index is 12.9. The number of carbonyl (C=O) groups excluding carboxylic acids is 2. The first-order valence-electron chi connectivity index (χ1n) is 11.6. The average molecular weight is 493 g/mol. The zero-order valence-corrected chi connectivity index (χ0v) is 21.1. The Morgan fingerprint density at radius 3 is 2.49 bits per heavy atom. The fraction of sp³-hybridized carbons (Fsp3) is 0.286. The number of hydrogen-bond donors (Lipinski definition) is 1. The Labute approximate surface area is 210 Å². The topological polar surface area (TPSA) is 67.9 Å². The van der Waals surface area contributed by atoms with Gasteiger partial charge in [-0.15, -0.1) is 0 Å². The number of nitrogens with one attached hydrogen (secondary N) is 1. The van der Waals surface area contributed by atoms with Crippen molar-refractivity contribution in [2.45, 2.75) is 33.1 Å². The molecule has 0 spiro atoms. The van der Waals surface area contributed by atoms with E-state index in [-0.39, 0.29) is 24.8 Å². The fourth-order valence-corrected chi connectivity index (χ4v) is 4.34. The van der Waals surface area contributed by atoms with E-state index in [4.69, 9.17) is 21.1 Å². The van der Waals surface area contributed by atoms with Crippen LogP contribution < -0.4 is 19.7 Å². The van der Waals surface area contributed by atoms with Gasteiger partial charge < -0.3 is 19.7 Å². The number of benzene rings is 3. The van der Waals surface area contributed by atoms with E-state index in [2.05, 4.69) is 31.3 Å². The summed E-state index contributed by atoms with van der Waals surface area (Å²) in [5, 5.41) is 3.41. The summed E-state index contributed by atoms with van der Waals surface area (Å²) >= 11 is 6.12. The van der Waals surface area contributed by atoms with Crippen molar-refractivity contribution in [1.82, 2.24) is 0 Å². The van der Waals surface area contributed by atoms with Crippen molar-refractivity contribution in [3.63, 3.8) is 0 Å². The zero-order valence-electron chi connectivity index (χ0n) is 20.3. The summed E-state index contributed by atoms with van der Waals surface area (Å²) in [4.78, 5) is 27.1. The van der Waals surface area contributed by atoms with Gasteiger partial charge in [0.05, 0.1) is 18.7 Å². The number of carbonyl (C=O) groups is 2. The van der Waals surface area contributed by atoms with Crippen LogP contribution in [0.3, 0.4) is 0 Å². The van der Waals surface area contributed by atoms with Crippen molar-refractivity contribution < 1.29 is 19.1 Å². The number of amides is 2. The highest BCUT2D eigenvalue weighted by molar-refractivity contribution is 6.31. The van der Waals surface area contributed by atoms with Crippen molar-refractivity contribution in [1.29, 1.82) is 0 Å². The van der Waals surface area contributed by atoms with Crippen LogP contribution in [0.5, 0.6) is 17.2 Å². The molecule has 1 N–H and O–H groups in total. The number of aryl methyl sites for hydroxylation is 1. The molecular formula is C28H29ClN2O4. The third kappa shape index (κ3) is 5.60. The number of anilines is 2. The highest BCUT2D eigenvalue weighted by Gasteiger charge is 2.36. The van der Waals surface area contributed by atoms with Gasteiger partial charge in [-0.1, -0.05) is 37.6 Å². The number of halogens is 1. The molecule has 7 heteroatoms. The lowest BCUT2D eigenvalue weighted by Crippen LogP contribution is -2.28. The molecule has 1 fully saturated rings. The molecule has 1 saturated heterocycles. The second-order valence-electron chi connectivity index (χ2n) is 9.03. The van der Waals surface area contributed by atoms with E-state index < -0.39 is 5.92 Å². The van der Waals surface area contributed by atoms with E-state index in [9.17, 15) is 9.59 Å². The van der Waals surface area contributed by atoms with Crippen LogP contribution in [0.4, 0.5) is 11.4 Å². The van der Waals surface area contributed by atoms with Gasteiger partial charge in [0.25, 0.3) is 0 Å². The molecule has 0 aliphatic carbocycles. The van der Waals surface area contributed by atoms with Crippen LogP contribution >= 0.6 is 11.6 Å². The van der Waals surface area contributed by atoms with Gasteiger partial charge in [-0.25, -0.2) is 0 Å². The monoisotopic (exact) mass is 492 g/mol. The zero-order chi connectivity index (χ0) is 25.1. The van der Waals surface area contributed by atoms with Crippen molar-refractivity contribution in [3.8, 4) is 17.2 Å². The van der Waals surface area contributed by atoms with E-state index in [1.54, 1.807) is 35.2 Å². The highest BCUT2D eigenvalue weighted by Crippen LogP contribution is 2.36. The minimum absolute atomic E-state index is 0.119. The predicted octanol–water partition coefficient (Wildman–Crippen LogP) is 6.56. The molecular weight excluding hydrogens is 464 g/mol. The van der Waals surface area contributed by atoms with Gasteiger partial charge in [0, 0.05) is 23.7 Å². The number of methoxy groups -OCH3 is 1. The average Bonchev–Trinajstić information content (AvgIpc) is 3.22. The highest BCUT2D eigenvalue weighted by atomic mass is 35.5. The first kappa shape index (κ1) is 24.6. The van der Waals surface area contributed by atoms with Gasteiger partial charge in [-0.2, -0.15) is 0 Å². The molecule has 1 heterocycles. The van der Waals surface area contributed by atoms with Gasteiger partial charge >= 0.3 is 0 Å². The molecule has 2 amide bonds. The van der Waals surface area contributed by atoms with Crippen LogP contribution in [-0.2, 0) is 9.59 Å². The Kier molecular flexibility index (Phi) is 7.31. The molecule has 3 aromatic rings. The second-order valence-corrected chi connectivity index (χ2v) is 9.47. The van der Waals surface area contributed by atoms with Crippen LogP contribution in [-0.4, -0.2) is 25.5 Å². The molecule has 0 bridgehead atoms. The SMILES string of the molecule is COc1ccc(Cl)cc1N1C[C@@H](C(=O)Nc2ccc(Oc3cc(C)ccc3C(C)C)cc2)CC1=O. The van der Waals surface area contributed by atoms with E-state index in [0.717, 1.165) is 16.9 Å². The molecule has 35 heavy (non-hydrogen) atoms. The minimum Gasteiger partial charge on any atom is -0.495 e. The minimum atomic E-state index is -0.483. The Morgan fingerprint density at radius 1 is 1.06 bits per heavy atom. The van der Waals surface area contributed by atoms with E-state index in [0.29, 0.717) is 33.8 Å². The smallest absolute Gasteiger partial charge is 0.229 e. The molecule has 4 rings (SSSR count). The Bertz CT molecular complexity index is 1240. The van der Waals surface area contributed by atoms with E-state index >= 15 is 0 Å². The van der Waals surface area contributed by atoms with Crippen LogP contribution in [0.15, 0.2) is 60.7 Å². The van der Waals surface area contributed by atoms with Crippen molar-refractivity contribution in [2.75, 3.05) is 23.9 Å². The number of nitrogens with zero attached hydrogens (tertiary/aromatic N) is 1. The molecule has 0 aromatic heterocycles. The van der Waals surface area contributed by atoms with Crippen molar-refractivity contribution in [3.05, 3.63) is 76.8 Å². The number of hydrogen-bond acceptors (Lipinski definition) is 4. The van der Waals surface area contributed by atoms with Gasteiger partial charge in [-0.3, -0.25) is 9.59 Å². The maximum absolute atomic E-state index is 12.9. The summed E-state index contributed by atoms with van der Waals surface area (Å²) in [5.74, 6) is 1.55. The largest absolute Gasteiger partial charge is 0.495 e. The van der Waals surface area contributed by atoms with Crippen molar-refractivity contribution >= 4 is 34.8 Å². The van der Waals surface area contributed by atoms with Gasteiger partial charge in [0.15, 0.2) is 0 Å². The number of rotatable bonds is 7. The summed E-state index contributed by atoms with van der Waals surface area (Å²) in [6, 6.07) is 18.5. The lowest BCUT2D eigenvalue weighted by atomic mass is 10.0. The van der Waals surface area contributed by atoms with Crippen molar-refractivity contribution in [2.24, 2.45) is 5.92 Å². The molecule has 0 unspecified atom stereocenters. The summed E-state index contributed by atoms with van der Waals surface area (Å²) < 4.78 is 11.5. The second kappa shape index (κ2) is 10.4. The first-order chi connectivity index (χ1) is 16.7.